The molecule has 0 bridgehead atoms. The van der Waals surface area contributed by atoms with E-state index in [0.717, 1.165) is 24.9 Å². The lowest BCUT2D eigenvalue weighted by Crippen LogP contribution is -2.38. The van der Waals surface area contributed by atoms with E-state index in [2.05, 4.69) is 6.07 Å². The monoisotopic (exact) mass is 305 g/mol. The van der Waals surface area contributed by atoms with Crippen LogP contribution in [-0.2, 0) is 27.2 Å². The van der Waals surface area contributed by atoms with Crippen molar-refractivity contribution in [2.75, 3.05) is 18.6 Å². The maximum absolute atomic E-state index is 12.1. The van der Waals surface area contributed by atoms with Gasteiger partial charge in [-0.1, -0.05) is 12.1 Å². The quantitative estimate of drug-likeness (QED) is 0.786. The molecule has 1 N–H and O–H groups in total. The first kappa shape index (κ1) is 16.5. The summed E-state index contributed by atoms with van der Waals surface area (Å²) in [5.41, 5.74) is 3.37. The zero-order valence-corrected chi connectivity index (χ0v) is 13.2. The molecule has 1 aliphatic rings. The minimum atomic E-state index is -0.741. The average Bonchev–Trinajstić information content (AvgIpc) is 2.78. The van der Waals surface area contributed by atoms with Gasteiger partial charge in [0.25, 0.3) is 5.91 Å². The van der Waals surface area contributed by atoms with Crippen molar-refractivity contribution in [1.82, 2.24) is 0 Å². The molecule has 0 fully saturated rings. The predicted molar refractivity (Wildman–Crippen MR) is 84.2 cm³/mol. The van der Waals surface area contributed by atoms with E-state index < -0.39 is 5.97 Å². The average molecular weight is 305 g/mol. The lowest BCUT2D eigenvalue weighted by atomic mass is 10.0. The Labute approximate surface area is 130 Å². The number of aryl methyl sites for hydroxylation is 1. The van der Waals surface area contributed by atoms with E-state index in [-0.39, 0.29) is 25.0 Å². The summed E-state index contributed by atoms with van der Waals surface area (Å²) in [6.45, 7) is 2.14. The van der Waals surface area contributed by atoms with Crippen LogP contribution >= 0.6 is 0 Å². The van der Waals surface area contributed by atoms with E-state index >= 15 is 0 Å². The van der Waals surface area contributed by atoms with Crippen molar-refractivity contribution in [2.45, 2.75) is 45.1 Å². The summed E-state index contributed by atoms with van der Waals surface area (Å²) in [5, 5.41) is 8.64. The number of rotatable bonds is 7. The molecular formula is C17H23NO4. The molecule has 0 saturated carbocycles. The van der Waals surface area contributed by atoms with Crippen molar-refractivity contribution in [3.63, 3.8) is 0 Å². The van der Waals surface area contributed by atoms with E-state index in [4.69, 9.17) is 9.84 Å². The summed E-state index contributed by atoms with van der Waals surface area (Å²) in [6, 6.07) is 6.33. The fourth-order valence-corrected chi connectivity index (χ4v) is 3.02. The highest BCUT2D eigenvalue weighted by Gasteiger charge is 2.30. The number of hydrogen-bond donors (Lipinski definition) is 1. The second-order valence-corrected chi connectivity index (χ2v) is 5.81. The number of nitrogens with zero attached hydrogens (tertiary/aromatic N) is 1. The Kier molecular flexibility index (Phi) is 5.55. The number of methoxy groups -OCH3 is 1. The van der Waals surface area contributed by atoms with Gasteiger partial charge in [0, 0.05) is 25.3 Å². The third-order valence-corrected chi connectivity index (χ3v) is 4.00. The van der Waals surface area contributed by atoms with Crippen LogP contribution in [0.25, 0.3) is 0 Å². The number of unbranched alkanes of at least 4 members (excludes halogenated alkanes) is 1. The molecule has 1 unspecified atom stereocenters. The number of anilines is 1. The van der Waals surface area contributed by atoms with Gasteiger partial charge in [0.15, 0.2) is 0 Å². The van der Waals surface area contributed by atoms with Crippen LogP contribution in [0.4, 0.5) is 5.69 Å². The van der Waals surface area contributed by atoms with E-state index in [0.29, 0.717) is 6.42 Å². The second kappa shape index (κ2) is 7.40. The topological polar surface area (TPSA) is 66.8 Å². The molecule has 1 atom stereocenters. The number of amides is 1. The first-order chi connectivity index (χ1) is 10.5. The van der Waals surface area contributed by atoms with Crippen LogP contribution in [-0.4, -0.2) is 36.7 Å². The van der Waals surface area contributed by atoms with Crippen molar-refractivity contribution >= 4 is 17.6 Å². The molecular weight excluding hydrogens is 282 g/mol. The molecule has 5 heteroatoms. The number of carboxylic acids is 1. The fourth-order valence-electron chi connectivity index (χ4n) is 3.02. The van der Waals surface area contributed by atoms with Crippen LogP contribution < -0.4 is 4.90 Å². The maximum Gasteiger partial charge on any atom is 0.303 e. The zero-order chi connectivity index (χ0) is 16.1. The van der Waals surface area contributed by atoms with Gasteiger partial charge in [0.05, 0.1) is 0 Å². The van der Waals surface area contributed by atoms with Crippen molar-refractivity contribution in [1.29, 1.82) is 0 Å². The molecule has 2 rings (SSSR count). The standard InChI is InChI=1S/C17H23NO4/c1-12-9-14-10-13(5-3-4-6-17(20)21)7-8-15(14)18(12)16(19)11-22-2/h7-8,10,12H,3-6,9,11H2,1-2H3,(H,20,21). The molecule has 1 heterocycles. The summed E-state index contributed by atoms with van der Waals surface area (Å²) < 4.78 is 4.95. The molecule has 0 aromatic heterocycles. The Morgan fingerprint density at radius 3 is 2.82 bits per heavy atom. The highest BCUT2D eigenvalue weighted by molar-refractivity contribution is 5.97. The summed E-state index contributed by atoms with van der Waals surface area (Å²) in [7, 11) is 1.53. The van der Waals surface area contributed by atoms with Gasteiger partial charge in [-0.05, 0) is 49.8 Å². The summed E-state index contributed by atoms with van der Waals surface area (Å²) >= 11 is 0. The summed E-state index contributed by atoms with van der Waals surface area (Å²) in [4.78, 5) is 24.4. The number of ether oxygens (including phenoxy) is 1. The number of carboxylic acid groups (broad SMARTS) is 1. The van der Waals surface area contributed by atoms with Gasteiger partial charge in [0.2, 0.25) is 0 Å². The molecule has 1 aromatic rings. The number of carbonyl (C=O) groups excluding carboxylic acids is 1. The molecule has 22 heavy (non-hydrogen) atoms. The Hall–Kier alpha value is -1.88. The number of hydrogen-bond acceptors (Lipinski definition) is 3. The van der Waals surface area contributed by atoms with Gasteiger partial charge >= 0.3 is 5.97 Å². The number of aliphatic carboxylic acids is 1. The molecule has 0 aliphatic carbocycles. The maximum atomic E-state index is 12.1. The second-order valence-electron chi connectivity index (χ2n) is 5.81. The highest BCUT2D eigenvalue weighted by Crippen LogP contribution is 2.33. The number of carbonyl (C=O) groups is 2. The normalized spacial score (nSPS) is 16.6. The predicted octanol–water partition coefficient (Wildman–Crippen LogP) is 2.41. The summed E-state index contributed by atoms with van der Waals surface area (Å²) in [6.07, 6.45) is 3.52. The van der Waals surface area contributed by atoms with Crippen molar-refractivity contribution in [3.05, 3.63) is 29.3 Å². The van der Waals surface area contributed by atoms with Crippen LogP contribution in [0.2, 0.25) is 0 Å². The minimum absolute atomic E-state index is 0.0111. The van der Waals surface area contributed by atoms with Crippen LogP contribution in [0.1, 0.15) is 37.3 Å². The Morgan fingerprint density at radius 1 is 1.36 bits per heavy atom. The molecule has 1 aromatic carbocycles. The minimum Gasteiger partial charge on any atom is -0.481 e. The highest BCUT2D eigenvalue weighted by atomic mass is 16.5. The molecule has 1 aliphatic heterocycles. The lowest BCUT2D eigenvalue weighted by Gasteiger charge is -2.22. The van der Waals surface area contributed by atoms with Crippen LogP contribution in [0.5, 0.6) is 0 Å². The Balaban J connectivity index is 2.02. The van der Waals surface area contributed by atoms with Crippen molar-refractivity contribution in [3.8, 4) is 0 Å². The molecule has 1 amide bonds. The van der Waals surface area contributed by atoms with Gasteiger partial charge in [-0.3, -0.25) is 9.59 Å². The van der Waals surface area contributed by atoms with Crippen LogP contribution in [0.15, 0.2) is 18.2 Å². The first-order valence-corrected chi connectivity index (χ1v) is 7.67. The van der Waals surface area contributed by atoms with E-state index in [1.165, 1.54) is 18.2 Å². The lowest BCUT2D eigenvalue weighted by molar-refractivity contribution is -0.137. The smallest absolute Gasteiger partial charge is 0.303 e. The van der Waals surface area contributed by atoms with Crippen molar-refractivity contribution in [2.24, 2.45) is 0 Å². The molecule has 5 nitrogen and oxygen atoms in total. The van der Waals surface area contributed by atoms with Gasteiger partial charge < -0.3 is 14.7 Å². The zero-order valence-electron chi connectivity index (χ0n) is 13.2. The van der Waals surface area contributed by atoms with Gasteiger partial charge in [-0.25, -0.2) is 0 Å². The third kappa shape index (κ3) is 3.85. The van der Waals surface area contributed by atoms with Gasteiger partial charge in [0.1, 0.15) is 6.61 Å². The van der Waals surface area contributed by atoms with E-state index in [1.807, 2.05) is 24.0 Å². The van der Waals surface area contributed by atoms with E-state index in [9.17, 15) is 9.59 Å². The van der Waals surface area contributed by atoms with E-state index in [1.54, 1.807) is 0 Å². The van der Waals surface area contributed by atoms with Crippen molar-refractivity contribution < 1.29 is 19.4 Å². The van der Waals surface area contributed by atoms with Gasteiger partial charge in [-0.15, -0.1) is 0 Å². The largest absolute Gasteiger partial charge is 0.481 e. The van der Waals surface area contributed by atoms with Crippen LogP contribution in [0, 0.1) is 0 Å². The fraction of sp³-hybridized carbons (Fsp3) is 0.529. The number of fused-ring (bicyclic) bond motifs is 1. The SMILES string of the molecule is COCC(=O)N1c2ccc(CCCCC(=O)O)cc2CC1C. The molecule has 0 spiro atoms. The number of benzene rings is 1. The molecule has 0 radical (unpaired) electrons. The Morgan fingerprint density at radius 2 is 2.14 bits per heavy atom. The summed E-state index contributed by atoms with van der Waals surface area (Å²) in [5.74, 6) is -0.752. The molecule has 0 saturated heterocycles. The van der Waals surface area contributed by atoms with Gasteiger partial charge in [-0.2, -0.15) is 0 Å². The third-order valence-electron chi connectivity index (χ3n) is 4.00. The Bertz CT molecular complexity index is 556. The molecule has 120 valence electrons. The van der Waals surface area contributed by atoms with Crippen LogP contribution in [0.3, 0.4) is 0 Å². The first-order valence-electron chi connectivity index (χ1n) is 7.67.